The molecule has 1 atom stereocenters. The molecule has 17 heavy (non-hydrogen) atoms. The van der Waals surface area contributed by atoms with Crippen LogP contribution < -0.4 is 11.5 Å². The van der Waals surface area contributed by atoms with Crippen molar-refractivity contribution in [3.63, 3.8) is 0 Å². The van der Waals surface area contributed by atoms with Gasteiger partial charge < -0.3 is 11.5 Å². The van der Waals surface area contributed by atoms with Crippen molar-refractivity contribution in [1.82, 2.24) is 4.98 Å². The van der Waals surface area contributed by atoms with Gasteiger partial charge in [0, 0.05) is 17.8 Å². The average molecular weight is 233 g/mol. The molecule has 0 saturated heterocycles. The Morgan fingerprint density at radius 3 is 2.53 bits per heavy atom. The zero-order valence-corrected chi connectivity index (χ0v) is 10.7. The molecule has 2 rings (SSSR count). The first kappa shape index (κ1) is 12.4. The van der Waals surface area contributed by atoms with Crippen LogP contribution in [0.25, 0.3) is 0 Å². The molecule has 1 aromatic heterocycles. The number of rotatable bonds is 2. The summed E-state index contributed by atoms with van der Waals surface area (Å²) in [5.41, 5.74) is 14.5. The Balaban J connectivity index is 2.16. The van der Waals surface area contributed by atoms with E-state index < -0.39 is 0 Å². The molecule has 1 aliphatic rings. The number of nitrogen functional groups attached to an aromatic ring is 1. The SMILES string of the molecule is Cc1cnc(N)c(C(N)C2CCCCCC2)c1. The molecule has 94 valence electrons. The smallest absolute Gasteiger partial charge is 0.128 e. The molecule has 1 fully saturated rings. The van der Waals surface area contributed by atoms with Gasteiger partial charge in [-0.25, -0.2) is 4.98 Å². The fourth-order valence-corrected chi connectivity index (χ4v) is 2.79. The van der Waals surface area contributed by atoms with E-state index in [9.17, 15) is 0 Å². The number of aryl methyl sites for hydroxylation is 1. The third-order valence-electron chi connectivity index (χ3n) is 3.85. The van der Waals surface area contributed by atoms with E-state index in [1.807, 2.05) is 6.92 Å². The Morgan fingerprint density at radius 2 is 1.88 bits per heavy atom. The highest BCUT2D eigenvalue weighted by atomic mass is 14.8. The quantitative estimate of drug-likeness (QED) is 0.772. The molecule has 1 aliphatic carbocycles. The van der Waals surface area contributed by atoms with E-state index in [4.69, 9.17) is 11.5 Å². The fourth-order valence-electron chi connectivity index (χ4n) is 2.79. The van der Waals surface area contributed by atoms with Crippen LogP contribution >= 0.6 is 0 Å². The fraction of sp³-hybridized carbons (Fsp3) is 0.643. The summed E-state index contributed by atoms with van der Waals surface area (Å²) in [7, 11) is 0. The Bertz CT molecular complexity index is 368. The van der Waals surface area contributed by atoms with Crippen LogP contribution in [0.4, 0.5) is 5.82 Å². The second-order valence-corrected chi connectivity index (χ2v) is 5.26. The number of nitrogens with zero attached hydrogens (tertiary/aromatic N) is 1. The summed E-state index contributed by atoms with van der Waals surface area (Å²) in [6.07, 6.45) is 9.58. The van der Waals surface area contributed by atoms with E-state index in [0.717, 1.165) is 11.1 Å². The lowest BCUT2D eigenvalue weighted by atomic mass is 9.87. The van der Waals surface area contributed by atoms with Gasteiger partial charge in [0.2, 0.25) is 0 Å². The molecule has 0 amide bonds. The molecule has 1 heterocycles. The Morgan fingerprint density at radius 1 is 1.24 bits per heavy atom. The third-order valence-corrected chi connectivity index (χ3v) is 3.85. The minimum absolute atomic E-state index is 0.0560. The van der Waals surface area contributed by atoms with E-state index in [1.54, 1.807) is 6.20 Å². The van der Waals surface area contributed by atoms with E-state index in [0.29, 0.717) is 11.7 Å². The number of aromatic nitrogens is 1. The first-order valence-corrected chi connectivity index (χ1v) is 6.66. The van der Waals surface area contributed by atoms with Gasteiger partial charge in [-0.2, -0.15) is 0 Å². The van der Waals surface area contributed by atoms with E-state index in [-0.39, 0.29) is 6.04 Å². The van der Waals surface area contributed by atoms with Crippen LogP contribution in [0.3, 0.4) is 0 Å². The topological polar surface area (TPSA) is 64.9 Å². The highest BCUT2D eigenvalue weighted by Gasteiger charge is 2.22. The van der Waals surface area contributed by atoms with Gasteiger partial charge in [0.25, 0.3) is 0 Å². The molecule has 3 heteroatoms. The molecule has 0 aromatic carbocycles. The molecule has 0 bridgehead atoms. The van der Waals surface area contributed by atoms with Crippen LogP contribution in [0.1, 0.15) is 55.7 Å². The maximum absolute atomic E-state index is 6.39. The number of pyridine rings is 1. The van der Waals surface area contributed by atoms with Crippen molar-refractivity contribution < 1.29 is 0 Å². The maximum Gasteiger partial charge on any atom is 0.128 e. The average Bonchev–Trinajstić information content (AvgIpc) is 2.60. The van der Waals surface area contributed by atoms with Gasteiger partial charge in [-0.1, -0.05) is 25.7 Å². The molecular formula is C14H23N3. The lowest BCUT2D eigenvalue weighted by Gasteiger charge is -2.23. The second-order valence-electron chi connectivity index (χ2n) is 5.26. The van der Waals surface area contributed by atoms with Crippen molar-refractivity contribution in [2.24, 2.45) is 11.7 Å². The summed E-state index contributed by atoms with van der Waals surface area (Å²) in [4.78, 5) is 4.22. The van der Waals surface area contributed by atoms with Gasteiger partial charge in [-0.15, -0.1) is 0 Å². The molecule has 1 unspecified atom stereocenters. The summed E-state index contributed by atoms with van der Waals surface area (Å²) in [5.74, 6) is 1.18. The summed E-state index contributed by atoms with van der Waals surface area (Å²) < 4.78 is 0. The third kappa shape index (κ3) is 2.97. The molecule has 0 aliphatic heterocycles. The lowest BCUT2D eigenvalue weighted by Crippen LogP contribution is -2.22. The van der Waals surface area contributed by atoms with Gasteiger partial charge >= 0.3 is 0 Å². The standard InChI is InChI=1S/C14H23N3/c1-10-8-12(14(16)17-9-10)13(15)11-6-4-2-3-5-7-11/h8-9,11,13H,2-7,15H2,1H3,(H2,16,17). The van der Waals surface area contributed by atoms with Gasteiger partial charge in [-0.3, -0.25) is 0 Å². The summed E-state index contributed by atoms with van der Waals surface area (Å²) >= 11 is 0. The lowest BCUT2D eigenvalue weighted by molar-refractivity contribution is 0.382. The van der Waals surface area contributed by atoms with Crippen molar-refractivity contribution in [3.05, 3.63) is 23.4 Å². The largest absolute Gasteiger partial charge is 0.383 e. The van der Waals surface area contributed by atoms with Crippen LogP contribution in [0.5, 0.6) is 0 Å². The van der Waals surface area contributed by atoms with Crippen LogP contribution in [0.2, 0.25) is 0 Å². The molecule has 0 radical (unpaired) electrons. The minimum Gasteiger partial charge on any atom is -0.383 e. The number of hydrogen-bond donors (Lipinski definition) is 2. The number of hydrogen-bond acceptors (Lipinski definition) is 3. The van der Waals surface area contributed by atoms with Gasteiger partial charge in [0.15, 0.2) is 0 Å². The molecular weight excluding hydrogens is 210 g/mol. The summed E-state index contributed by atoms with van der Waals surface area (Å²) in [6.45, 7) is 2.04. The van der Waals surface area contributed by atoms with Crippen molar-refractivity contribution in [1.29, 1.82) is 0 Å². The Hall–Kier alpha value is -1.09. The highest BCUT2D eigenvalue weighted by Crippen LogP contribution is 2.33. The van der Waals surface area contributed by atoms with Crippen LogP contribution in [-0.4, -0.2) is 4.98 Å². The first-order valence-electron chi connectivity index (χ1n) is 6.66. The number of nitrogens with two attached hydrogens (primary N) is 2. The molecule has 1 aromatic rings. The van der Waals surface area contributed by atoms with Crippen LogP contribution in [0.15, 0.2) is 12.3 Å². The highest BCUT2D eigenvalue weighted by molar-refractivity contribution is 5.43. The molecule has 0 spiro atoms. The molecule has 4 N–H and O–H groups in total. The molecule has 1 saturated carbocycles. The van der Waals surface area contributed by atoms with Crippen LogP contribution in [0, 0.1) is 12.8 Å². The van der Waals surface area contributed by atoms with Gasteiger partial charge in [0.1, 0.15) is 5.82 Å². The van der Waals surface area contributed by atoms with Gasteiger partial charge in [-0.05, 0) is 37.3 Å². The predicted molar refractivity (Wildman–Crippen MR) is 71.5 cm³/mol. The zero-order chi connectivity index (χ0) is 12.3. The first-order chi connectivity index (χ1) is 8.18. The number of anilines is 1. The molecule has 3 nitrogen and oxygen atoms in total. The van der Waals surface area contributed by atoms with Crippen molar-refractivity contribution in [3.8, 4) is 0 Å². The van der Waals surface area contributed by atoms with Gasteiger partial charge in [0.05, 0.1) is 0 Å². The van der Waals surface area contributed by atoms with Crippen molar-refractivity contribution in [2.45, 2.75) is 51.5 Å². The normalized spacial score (nSPS) is 19.9. The second kappa shape index (κ2) is 5.50. The maximum atomic E-state index is 6.39. The summed E-state index contributed by atoms with van der Waals surface area (Å²) in [5, 5.41) is 0. The van der Waals surface area contributed by atoms with Crippen molar-refractivity contribution >= 4 is 5.82 Å². The van der Waals surface area contributed by atoms with Crippen LogP contribution in [-0.2, 0) is 0 Å². The van der Waals surface area contributed by atoms with E-state index in [1.165, 1.54) is 38.5 Å². The summed E-state index contributed by atoms with van der Waals surface area (Å²) in [6, 6.07) is 2.15. The monoisotopic (exact) mass is 233 g/mol. The Labute approximate surface area is 104 Å². The van der Waals surface area contributed by atoms with E-state index in [2.05, 4.69) is 11.1 Å². The minimum atomic E-state index is 0.0560. The Kier molecular flexibility index (Phi) is 4.00. The zero-order valence-electron chi connectivity index (χ0n) is 10.7. The van der Waals surface area contributed by atoms with E-state index >= 15 is 0 Å². The predicted octanol–water partition coefficient (Wildman–Crippen LogP) is 2.94. The van der Waals surface area contributed by atoms with Crippen molar-refractivity contribution in [2.75, 3.05) is 5.73 Å².